The van der Waals surface area contributed by atoms with Crippen LogP contribution in [0.25, 0.3) is 0 Å². The molecule has 2 aromatic rings. The highest BCUT2D eigenvalue weighted by Gasteiger charge is 2.22. The normalized spacial score (nSPS) is 11.1. The number of phenols is 1. The number of carboxylic acids is 1. The van der Waals surface area contributed by atoms with Crippen LogP contribution in [0.15, 0.2) is 47.5 Å². The van der Waals surface area contributed by atoms with E-state index in [2.05, 4.69) is 20.9 Å². The van der Waals surface area contributed by atoms with Crippen LogP contribution in [0, 0.1) is 6.92 Å². The van der Waals surface area contributed by atoms with Crippen molar-refractivity contribution in [2.45, 2.75) is 13.0 Å². The van der Waals surface area contributed by atoms with Crippen LogP contribution in [0.5, 0.6) is 11.5 Å². The number of guanidine groups is 1. The second kappa shape index (κ2) is 11.8. The maximum Gasteiger partial charge on any atom is 0.328 e. The molecule has 0 fully saturated rings. The topological polar surface area (TPSA) is 201 Å². The third-order valence-corrected chi connectivity index (χ3v) is 4.25. The number of ether oxygens (including phenoxy) is 1. The molecule has 12 heteroatoms. The molecule has 0 aliphatic heterocycles. The first-order valence-electron chi connectivity index (χ1n) is 9.82. The van der Waals surface area contributed by atoms with Crippen LogP contribution in [0.2, 0.25) is 0 Å². The number of nitrogens with zero attached hydrogens (tertiary/aromatic N) is 1. The fourth-order valence-corrected chi connectivity index (χ4v) is 2.58. The number of aromatic hydroxyl groups is 1. The number of aliphatic imine (C=N–C) groups is 1. The van der Waals surface area contributed by atoms with Crippen molar-refractivity contribution in [1.29, 1.82) is 0 Å². The van der Waals surface area contributed by atoms with Crippen LogP contribution >= 0.6 is 0 Å². The number of aryl methyl sites for hydroxylation is 1. The number of carbonyl (C=O) groups is 3. The summed E-state index contributed by atoms with van der Waals surface area (Å²) in [5, 5.41) is 26.6. The molecule has 2 rings (SSSR count). The Labute approximate surface area is 189 Å². The number of benzene rings is 2. The summed E-state index contributed by atoms with van der Waals surface area (Å²) in [5.74, 6) is -2.23. The van der Waals surface area contributed by atoms with Crippen molar-refractivity contribution in [2.75, 3.05) is 25.0 Å². The Hall–Kier alpha value is -4.48. The number of anilines is 1. The molecule has 0 spiro atoms. The van der Waals surface area contributed by atoms with E-state index < -0.39 is 30.5 Å². The molecule has 0 radical (unpaired) electrons. The van der Waals surface area contributed by atoms with E-state index >= 15 is 0 Å². The second-order valence-corrected chi connectivity index (χ2v) is 6.90. The summed E-state index contributed by atoms with van der Waals surface area (Å²) in [7, 11) is 0. The number of phenolic OH excluding ortho intramolecular Hbond substituents is 1. The van der Waals surface area contributed by atoms with Crippen molar-refractivity contribution in [2.24, 2.45) is 16.5 Å². The second-order valence-electron chi connectivity index (χ2n) is 6.90. The van der Waals surface area contributed by atoms with Crippen molar-refractivity contribution >= 4 is 29.6 Å². The van der Waals surface area contributed by atoms with E-state index in [9.17, 15) is 24.6 Å². The van der Waals surface area contributed by atoms with E-state index in [0.717, 1.165) is 5.56 Å². The van der Waals surface area contributed by atoms with Crippen LogP contribution in [-0.2, 0) is 4.79 Å². The van der Waals surface area contributed by atoms with Gasteiger partial charge in [0.25, 0.3) is 5.91 Å². The van der Waals surface area contributed by atoms with Gasteiger partial charge in [0.15, 0.2) is 5.96 Å². The highest BCUT2D eigenvalue weighted by atomic mass is 16.5. The number of hydrogen-bond donors (Lipinski definition) is 7. The fourth-order valence-electron chi connectivity index (χ4n) is 2.58. The lowest BCUT2D eigenvalue weighted by Crippen LogP contribution is -2.49. The van der Waals surface area contributed by atoms with Gasteiger partial charge in [-0.2, -0.15) is 0 Å². The molecule has 12 nitrogen and oxygen atoms in total. The summed E-state index contributed by atoms with van der Waals surface area (Å²) in [6, 6.07) is 8.76. The standard InChI is InChI=1S/C21H26N6O6/c1-12-2-4-13(5-3-12)26-21(32)27-16(19(30)31)11-25-18(29)15-7-6-14(10-17(15)28)33-9-8-24-20(22)23/h2-7,10,16,28H,8-9,11H2,1H3,(H,25,29)(H,30,31)(H4,22,23,24)(H2,26,27,32)/t16-/m0/s1. The first kappa shape index (κ1) is 24.8. The smallest absolute Gasteiger partial charge is 0.328 e. The molecule has 2 aromatic carbocycles. The Kier molecular flexibility index (Phi) is 8.85. The van der Waals surface area contributed by atoms with Gasteiger partial charge in [0.05, 0.1) is 12.1 Å². The molecule has 0 heterocycles. The first-order valence-corrected chi connectivity index (χ1v) is 9.82. The van der Waals surface area contributed by atoms with Crippen molar-refractivity contribution in [3.8, 4) is 11.5 Å². The van der Waals surface area contributed by atoms with Gasteiger partial charge in [-0.1, -0.05) is 17.7 Å². The summed E-state index contributed by atoms with van der Waals surface area (Å²) in [5.41, 5.74) is 11.8. The van der Waals surface area contributed by atoms with Gasteiger partial charge in [-0.3, -0.25) is 9.79 Å². The minimum Gasteiger partial charge on any atom is -0.507 e. The maximum atomic E-state index is 12.4. The Morgan fingerprint density at radius 1 is 1.12 bits per heavy atom. The number of carboxylic acid groups (broad SMARTS) is 1. The number of aliphatic carboxylic acids is 1. The van der Waals surface area contributed by atoms with Gasteiger partial charge in [0.1, 0.15) is 24.1 Å². The van der Waals surface area contributed by atoms with E-state index in [1.54, 1.807) is 24.3 Å². The number of nitrogens with one attached hydrogen (secondary N) is 3. The van der Waals surface area contributed by atoms with Crippen LogP contribution in [-0.4, -0.2) is 59.8 Å². The summed E-state index contributed by atoms with van der Waals surface area (Å²) < 4.78 is 5.36. The van der Waals surface area contributed by atoms with Gasteiger partial charge in [-0.05, 0) is 31.2 Å². The van der Waals surface area contributed by atoms with Crippen LogP contribution in [0.1, 0.15) is 15.9 Å². The van der Waals surface area contributed by atoms with Crippen molar-refractivity contribution in [3.63, 3.8) is 0 Å². The molecule has 33 heavy (non-hydrogen) atoms. The molecule has 3 amide bonds. The Bertz CT molecular complexity index is 1020. The number of urea groups is 1. The number of carbonyl (C=O) groups excluding carboxylic acids is 2. The summed E-state index contributed by atoms with van der Waals surface area (Å²) in [6.07, 6.45) is 0. The Morgan fingerprint density at radius 3 is 2.42 bits per heavy atom. The van der Waals surface area contributed by atoms with Gasteiger partial charge in [0.2, 0.25) is 0 Å². The van der Waals surface area contributed by atoms with Crippen molar-refractivity contribution < 1.29 is 29.3 Å². The molecule has 0 saturated heterocycles. The van der Waals surface area contributed by atoms with E-state index in [0.29, 0.717) is 5.69 Å². The zero-order valence-electron chi connectivity index (χ0n) is 17.9. The molecule has 0 unspecified atom stereocenters. The Morgan fingerprint density at radius 2 is 1.82 bits per heavy atom. The average Bonchev–Trinajstić information content (AvgIpc) is 2.75. The fraction of sp³-hybridized carbons (Fsp3) is 0.238. The van der Waals surface area contributed by atoms with Crippen molar-refractivity contribution in [3.05, 3.63) is 53.6 Å². The first-order chi connectivity index (χ1) is 15.7. The van der Waals surface area contributed by atoms with Gasteiger partial charge >= 0.3 is 12.0 Å². The molecule has 0 aromatic heterocycles. The lowest BCUT2D eigenvalue weighted by molar-refractivity contribution is -0.138. The highest BCUT2D eigenvalue weighted by molar-refractivity contribution is 5.97. The lowest BCUT2D eigenvalue weighted by atomic mass is 10.1. The van der Waals surface area contributed by atoms with Crippen LogP contribution < -0.4 is 32.2 Å². The molecular formula is C21H26N6O6. The van der Waals surface area contributed by atoms with Gasteiger partial charge < -0.3 is 42.4 Å². The molecule has 9 N–H and O–H groups in total. The molecular weight excluding hydrogens is 432 g/mol. The summed E-state index contributed by atoms with van der Waals surface area (Å²) in [6.45, 7) is 1.85. The monoisotopic (exact) mass is 458 g/mol. The summed E-state index contributed by atoms with van der Waals surface area (Å²) in [4.78, 5) is 39.7. The number of hydrogen-bond acceptors (Lipinski definition) is 6. The van der Waals surface area contributed by atoms with Crippen LogP contribution in [0.3, 0.4) is 0 Å². The van der Waals surface area contributed by atoms with Gasteiger partial charge in [-0.25, -0.2) is 9.59 Å². The minimum atomic E-state index is -1.40. The molecule has 0 saturated carbocycles. The van der Waals surface area contributed by atoms with Crippen molar-refractivity contribution in [1.82, 2.24) is 10.6 Å². The Balaban J connectivity index is 1.90. The number of amides is 3. The quantitative estimate of drug-likeness (QED) is 0.150. The predicted molar refractivity (Wildman–Crippen MR) is 121 cm³/mol. The largest absolute Gasteiger partial charge is 0.507 e. The minimum absolute atomic E-state index is 0.0738. The highest BCUT2D eigenvalue weighted by Crippen LogP contribution is 2.23. The van der Waals surface area contributed by atoms with E-state index in [1.807, 2.05) is 6.92 Å². The predicted octanol–water partition coefficient (Wildman–Crippen LogP) is 0.358. The third-order valence-electron chi connectivity index (χ3n) is 4.25. The zero-order valence-corrected chi connectivity index (χ0v) is 17.9. The van der Waals surface area contributed by atoms with E-state index in [4.69, 9.17) is 16.2 Å². The third kappa shape index (κ3) is 8.28. The van der Waals surface area contributed by atoms with E-state index in [1.165, 1.54) is 18.2 Å². The molecule has 1 atom stereocenters. The van der Waals surface area contributed by atoms with Gasteiger partial charge in [-0.15, -0.1) is 0 Å². The van der Waals surface area contributed by atoms with E-state index in [-0.39, 0.29) is 36.2 Å². The van der Waals surface area contributed by atoms with Crippen LogP contribution in [0.4, 0.5) is 10.5 Å². The molecule has 0 aliphatic carbocycles. The summed E-state index contributed by atoms with van der Waals surface area (Å²) >= 11 is 0. The van der Waals surface area contributed by atoms with Gasteiger partial charge in [0, 0.05) is 18.3 Å². The molecule has 0 bridgehead atoms. The molecule has 0 aliphatic rings. The zero-order chi connectivity index (χ0) is 24.4. The SMILES string of the molecule is Cc1ccc(NC(=O)N[C@@H](CNC(=O)c2ccc(OCCN=C(N)N)cc2O)C(=O)O)cc1. The average molecular weight is 458 g/mol. The molecule has 176 valence electrons. The number of rotatable bonds is 10. The lowest BCUT2D eigenvalue weighted by Gasteiger charge is -2.16. The maximum absolute atomic E-state index is 12.4. The number of nitrogens with two attached hydrogens (primary N) is 2.